The topological polar surface area (TPSA) is 12.5 Å². The van der Waals surface area contributed by atoms with Crippen LogP contribution >= 0.6 is 0 Å². The van der Waals surface area contributed by atoms with Gasteiger partial charge < -0.3 is 4.74 Å². The van der Waals surface area contributed by atoms with Gasteiger partial charge in [0.1, 0.15) is 0 Å². The van der Waals surface area contributed by atoms with Gasteiger partial charge in [0.05, 0.1) is 12.2 Å². The third-order valence-corrected chi connectivity index (χ3v) is 2.53. The molecule has 2 bridgehead atoms. The van der Waals surface area contributed by atoms with Gasteiger partial charge in [0, 0.05) is 26.1 Å². The number of hydrogen-bond donors (Lipinski definition) is 0. The summed E-state index contributed by atoms with van der Waals surface area (Å²) in [7, 11) is 0. The van der Waals surface area contributed by atoms with Gasteiger partial charge in [-0.25, -0.2) is 0 Å². The van der Waals surface area contributed by atoms with Crippen LogP contribution in [0.1, 0.15) is 41.0 Å². The number of ether oxygens (including phenoxy) is 1. The molecule has 0 N–H and O–H groups in total. The third kappa shape index (κ3) is 3.25. The highest BCUT2D eigenvalue weighted by molar-refractivity contribution is 4.90. The highest BCUT2D eigenvalue weighted by Crippen LogP contribution is 2.29. The molecule has 14 heavy (non-hydrogen) atoms. The molecule has 0 aliphatic carbocycles. The molecule has 3 rings (SSSR count). The zero-order chi connectivity index (χ0) is 10.8. The number of fused-ring (bicyclic) bond motifs is 2. The molecule has 3 aliphatic heterocycles. The molecule has 0 aromatic carbocycles. The monoisotopic (exact) mass is 199 g/mol. The zero-order valence-corrected chi connectivity index (χ0v) is 10.3. The highest BCUT2D eigenvalue weighted by Gasteiger charge is 2.38. The quantitative estimate of drug-likeness (QED) is 0.643. The molecule has 0 aromatic rings. The Bertz CT molecular complexity index is 158. The molecule has 3 fully saturated rings. The average molecular weight is 199 g/mol. The van der Waals surface area contributed by atoms with Crippen LogP contribution in [0.15, 0.2) is 0 Å². The Morgan fingerprint density at radius 2 is 1.57 bits per heavy atom. The second-order valence-corrected chi connectivity index (χ2v) is 5.37. The van der Waals surface area contributed by atoms with Gasteiger partial charge in [-0.15, -0.1) is 0 Å². The van der Waals surface area contributed by atoms with Crippen LogP contribution in [0.25, 0.3) is 0 Å². The maximum atomic E-state index is 5.58. The summed E-state index contributed by atoms with van der Waals surface area (Å²) in [6, 6.07) is 0. The van der Waals surface area contributed by atoms with Crippen molar-refractivity contribution < 1.29 is 4.74 Å². The molecule has 0 spiro atoms. The lowest BCUT2D eigenvalue weighted by Crippen LogP contribution is -2.58. The summed E-state index contributed by atoms with van der Waals surface area (Å²) in [5.41, 5.74) is 0.434. The number of piperidine rings is 1. The van der Waals surface area contributed by atoms with Crippen LogP contribution < -0.4 is 0 Å². The highest BCUT2D eigenvalue weighted by atomic mass is 16.5. The summed E-state index contributed by atoms with van der Waals surface area (Å²) >= 11 is 0. The first kappa shape index (κ1) is 12.0. The van der Waals surface area contributed by atoms with E-state index in [4.69, 9.17) is 4.74 Å². The molecule has 2 unspecified atom stereocenters. The fraction of sp³-hybridized carbons (Fsp3) is 1.00. The molecule has 0 radical (unpaired) electrons. The lowest BCUT2D eigenvalue weighted by Gasteiger charge is -2.48. The van der Waals surface area contributed by atoms with Crippen molar-refractivity contribution in [3.8, 4) is 0 Å². The van der Waals surface area contributed by atoms with E-state index in [1.54, 1.807) is 0 Å². The Balaban J connectivity index is 0.000000461. The van der Waals surface area contributed by atoms with Crippen molar-refractivity contribution in [3.05, 3.63) is 0 Å². The van der Waals surface area contributed by atoms with Crippen molar-refractivity contribution in [1.82, 2.24) is 4.90 Å². The Labute approximate surface area is 88.6 Å². The Hall–Kier alpha value is -0.0800. The summed E-state index contributed by atoms with van der Waals surface area (Å²) < 4.78 is 5.58. The van der Waals surface area contributed by atoms with E-state index in [0.717, 1.165) is 13.1 Å². The van der Waals surface area contributed by atoms with Crippen LogP contribution in [0.2, 0.25) is 0 Å². The maximum Gasteiger partial charge on any atom is 0.0731 e. The molecule has 2 nitrogen and oxygen atoms in total. The molecule has 2 atom stereocenters. The smallest absolute Gasteiger partial charge is 0.0731 e. The first-order valence-electron chi connectivity index (χ1n) is 5.91. The van der Waals surface area contributed by atoms with Gasteiger partial charge in [-0.2, -0.15) is 0 Å². The maximum absolute atomic E-state index is 5.58. The van der Waals surface area contributed by atoms with E-state index >= 15 is 0 Å². The summed E-state index contributed by atoms with van der Waals surface area (Å²) in [6.45, 7) is 14.4. The predicted octanol–water partition coefficient (Wildman–Crippen LogP) is 2.53. The molecule has 3 heterocycles. The van der Waals surface area contributed by atoms with E-state index in [1.165, 1.54) is 13.0 Å². The molecular weight excluding hydrogens is 174 g/mol. The van der Waals surface area contributed by atoms with E-state index in [1.807, 2.05) is 13.8 Å². The second kappa shape index (κ2) is 4.63. The fourth-order valence-electron chi connectivity index (χ4n) is 2.24. The largest absolute Gasteiger partial charge is 0.372 e. The normalized spacial score (nSPS) is 31.5. The van der Waals surface area contributed by atoms with Gasteiger partial charge in [-0.1, -0.05) is 34.6 Å². The molecule has 3 aliphatic rings. The van der Waals surface area contributed by atoms with Crippen LogP contribution in [0.4, 0.5) is 0 Å². The van der Waals surface area contributed by atoms with Crippen molar-refractivity contribution in [2.24, 2.45) is 5.41 Å². The molecule has 0 saturated carbocycles. The summed E-state index contributed by atoms with van der Waals surface area (Å²) in [5.74, 6) is 0. The minimum atomic E-state index is 0.434. The van der Waals surface area contributed by atoms with Crippen molar-refractivity contribution in [1.29, 1.82) is 0 Å². The van der Waals surface area contributed by atoms with Crippen molar-refractivity contribution >= 4 is 0 Å². The van der Waals surface area contributed by atoms with Gasteiger partial charge in [0.15, 0.2) is 0 Å². The first-order valence-corrected chi connectivity index (χ1v) is 5.91. The minimum absolute atomic E-state index is 0.434. The van der Waals surface area contributed by atoms with Crippen LogP contribution in [0.3, 0.4) is 0 Å². The van der Waals surface area contributed by atoms with Gasteiger partial charge >= 0.3 is 0 Å². The van der Waals surface area contributed by atoms with E-state index in [9.17, 15) is 0 Å². The molecule has 0 amide bonds. The first-order chi connectivity index (χ1) is 6.53. The molecule has 0 aromatic heterocycles. The average Bonchev–Trinajstić information content (AvgIpc) is 2.03. The van der Waals surface area contributed by atoms with Crippen molar-refractivity contribution in [3.63, 3.8) is 0 Å². The van der Waals surface area contributed by atoms with Crippen LogP contribution in [0, 0.1) is 5.41 Å². The zero-order valence-electron chi connectivity index (χ0n) is 10.3. The van der Waals surface area contributed by atoms with E-state index < -0.39 is 0 Å². The fourth-order valence-corrected chi connectivity index (χ4v) is 2.24. The Kier molecular flexibility index (Phi) is 3.96. The number of morpholine rings is 1. The van der Waals surface area contributed by atoms with E-state index in [2.05, 4.69) is 25.7 Å². The van der Waals surface area contributed by atoms with Crippen LogP contribution in [-0.4, -0.2) is 36.7 Å². The Morgan fingerprint density at radius 1 is 1.14 bits per heavy atom. The third-order valence-electron chi connectivity index (χ3n) is 2.53. The predicted molar refractivity (Wildman–Crippen MR) is 60.5 cm³/mol. The summed E-state index contributed by atoms with van der Waals surface area (Å²) in [5, 5.41) is 0. The van der Waals surface area contributed by atoms with Gasteiger partial charge in [-0.05, 0) is 5.41 Å². The lowest BCUT2D eigenvalue weighted by atomic mass is 9.92. The second-order valence-electron chi connectivity index (χ2n) is 5.37. The van der Waals surface area contributed by atoms with Crippen LogP contribution in [0.5, 0.6) is 0 Å². The van der Waals surface area contributed by atoms with Gasteiger partial charge in [0.2, 0.25) is 0 Å². The molecule has 84 valence electrons. The number of rotatable bonds is 1. The molecular formula is C12H25NO. The van der Waals surface area contributed by atoms with Crippen molar-refractivity contribution in [2.45, 2.75) is 53.2 Å². The van der Waals surface area contributed by atoms with Crippen molar-refractivity contribution in [2.75, 3.05) is 19.6 Å². The van der Waals surface area contributed by atoms with Crippen LogP contribution in [-0.2, 0) is 4.74 Å². The number of nitrogens with zero attached hydrogens (tertiary/aromatic N) is 1. The molecule has 3 saturated heterocycles. The lowest BCUT2D eigenvalue weighted by molar-refractivity contribution is -0.184. The molecule has 2 heteroatoms. The van der Waals surface area contributed by atoms with Gasteiger partial charge in [-0.3, -0.25) is 4.90 Å². The standard InChI is InChI=1S/C10H19NO.C2H6/c1-10(2,3)7-11-5-8-4-9(6-11)12-8;1-2/h8-9H,4-7H2,1-3H3;1-2H3. The SMILES string of the molecule is CC.CC(C)(C)CN1CC2CC(C1)O2. The Morgan fingerprint density at radius 3 is 1.93 bits per heavy atom. The number of hydrogen-bond acceptors (Lipinski definition) is 2. The van der Waals surface area contributed by atoms with E-state index in [-0.39, 0.29) is 0 Å². The van der Waals surface area contributed by atoms with E-state index in [0.29, 0.717) is 17.6 Å². The minimum Gasteiger partial charge on any atom is -0.372 e. The summed E-state index contributed by atoms with van der Waals surface area (Å²) in [6.07, 6.45) is 2.43. The summed E-state index contributed by atoms with van der Waals surface area (Å²) in [4.78, 5) is 2.54. The van der Waals surface area contributed by atoms with Gasteiger partial charge in [0.25, 0.3) is 0 Å².